The Kier molecular flexibility index (Phi) is 4.70. The molecule has 0 unspecified atom stereocenters. The molecule has 2 aromatic carbocycles. The zero-order chi connectivity index (χ0) is 22.4. The van der Waals surface area contributed by atoms with Gasteiger partial charge in [0.2, 0.25) is 17.8 Å². The zero-order valence-electron chi connectivity index (χ0n) is 17.6. The molecule has 0 fully saturated rings. The summed E-state index contributed by atoms with van der Waals surface area (Å²) >= 11 is 0. The first-order valence-corrected chi connectivity index (χ1v) is 10.2. The lowest BCUT2D eigenvalue weighted by molar-refractivity contribution is -0.119. The number of aromatic nitrogens is 3. The van der Waals surface area contributed by atoms with Crippen molar-refractivity contribution in [1.82, 2.24) is 14.6 Å². The molecule has 0 saturated heterocycles. The smallest absolute Gasteiger partial charge is 0.238 e. The van der Waals surface area contributed by atoms with Crippen molar-refractivity contribution in [2.75, 3.05) is 23.0 Å². The first-order chi connectivity index (χ1) is 15.5. The highest BCUT2D eigenvalue weighted by molar-refractivity contribution is 6.00. The van der Waals surface area contributed by atoms with E-state index in [9.17, 15) is 14.0 Å². The minimum atomic E-state index is -0.357. The summed E-state index contributed by atoms with van der Waals surface area (Å²) in [6.45, 7) is 3.63. The van der Waals surface area contributed by atoms with E-state index >= 15 is 0 Å². The zero-order valence-corrected chi connectivity index (χ0v) is 17.6. The number of amides is 2. The Morgan fingerprint density at radius 2 is 1.69 bits per heavy atom. The van der Waals surface area contributed by atoms with Crippen LogP contribution in [0.3, 0.4) is 0 Å². The van der Waals surface area contributed by atoms with Crippen molar-refractivity contribution < 1.29 is 14.0 Å². The number of benzene rings is 2. The Labute approximate surface area is 183 Å². The summed E-state index contributed by atoms with van der Waals surface area (Å²) in [6, 6.07) is 15.6. The van der Waals surface area contributed by atoms with Gasteiger partial charge in [-0.25, -0.2) is 19.1 Å². The molecular formula is C24H20FN5O2. The van der Waals surface area contributed by atoms with Crippen LogP contribution in [0.5, 0.6) is 0 Å². The number of imidazole rings is 1. The van der Waals surface area contributed by atoms with Crippen LogP contribution in [0.4, 0.5) is 10.3 Å². The highest BCUT2D eigenvalue weighted by Gasteiger charge is 2.34. The molecule has 0 spiro atoms. The van der Waals surface area contributed by atoms with Crippen LogP contribution < -0.4 is 9.91 Å². The molecule has 32 heavy (non-hydrogen) atoms. The molecule has 8 heteroatoms. The summed E-state index contributed by atoms with van der Waals surface area (Å²) in [7, 11) is 0. The molecule has 5 rings (SSSR count). The number of fused-ring (bicyclic) bond motifs is 2. The fourth-order valence-corrected chi connectivity index (χ4v) is 4.15. The Morgan fingerprint density at radius 1 is 0.938 bits per heavy atom. The van der Waals surface area contributed by atoms with Gasteiger partial charge in [0.05, 0.1) is 12.1 Å². The quantitative estimate of drug-likeness (QED) is 0.487. The standard InChI is InChI=1S/C24H20FN5O2/c1-15(31)28-13-14-29(16(2)32)30-23(20-11-12-26-21-6-4-3-5-19(20)21)22(27-24(28)30)17-7-9-18(25)10-8-17/h3-12H,13-14H2,1-2H3. The van der Waals surface area contributed by atoms with E-state index in [1.807, 2.05) is 30.3 Å². The Balaban J connectivity index is 1.89. The second kappa shape index (κ2) is 7.56. The van der Waals surface area contributed by atoms with Gasteiger partial charge in [-0.2, -0.15) is 0 Å². The van der Waals surface area contributed by atoms with Crippen LogP contribution >= 0.6 is 0 Å². The van der Waals surface area contributed by atoms with Gasteiger partial charge in [-0.15, -0.1) is 0 Å². The maximum atomic E-state index is 13.7. The van der Waals surface area contributed by atoms with E-state index in [1.165, 1.54) is 26.0 Å². The maximum absolute atomic E-state index is 13.7. The highest BCUT2D eigenvalue weighted by Crippen LogP contribution is 2.39. The van der Waals surface area contributed by atoms with E-state index in [4.69, 9.17) is 4.98 Å². The summed E-state index contributed by atoms with van der Waals surface area (Å²) < 4.78 is 15.4. The molecule has 3 heterocycles. The van der Waals surface area contributed by atoms with Crippen LogP contribution in [0.25, 0.3) is 33.4 Å². The number of pyridine rings is 1. The third kappa shape index (κ3) is 3.11. The van der Waals surface area contributed by atoms with Crippen molar-refractivity contribution in [3.8, 4) is 22.5 Å². The van der Waals surface area contributed by atoms with E-state index in [0.29, 0.717) is 36.0 Å². The number of hydrogen-bond donors (Lipinski definition) is 0. The average molecular weight is 429 g/mol. The summed E-state index contributed by atoms with van der Waals surface area (Å²) in [4.78, 5) is 35.8. The molecule has 0 N–H and O–H groups in total. The first-order valence-electron chi connectivity index (χ1n) is 10.2. The number of rotatable bonds is 2. The van der Waals surface area contributed by atoms with Gasteiger partial charge in [0.15, 0.2) is 0 Å². The van der Waals surface area contributed by atoms with Crippen LogP contribution in [0.15, 0.2) is 60.8 Å². The molecule has 1 aliphatic heterocycles. The minimum Gasteiger partial charge on any atom is -0.279 e. The summed E-state index contributed by atoms with van der Waals surface area (Å²) in [5, 5.41) is 2.46. The van der Waals surface area contributed by atoms with Crippen molar-refractivity contribution in [2.45, 2.75) is 13.8 Å². The monoisotopic (exact) mass is 429 g/mol. The number of halogens is 1. The van der Waals surface area contributed by atoms with Gasteiger partial charge in [0.1, 0.15) is 17.2 Å². The molecule has 0 bridgehead atoms. The largest absolute Gasteiger partial charge is 0.279 e. The van der Waals surface area contributed by atoms with Gasteiger partial charge in [-0.05, 0) is 36.4 Å². The van der Waals surface area contributed by atoms with Crippen molar-refractivity contribution in [3.05, 3.63) is 66.6 Å². The summed E-state index contributed by atoms with van der Waals surface area (Å²) in [5.41, 5.74) is 3.47. The van der Waals surface area contributed by atoms with Crippen molar-refractivity contribution in [3.63, 3.8) is 0 Å². The lowest BCUT2D eigenvalue weighted by Crippen LogP contribution is -2.52. The average Bonchev–Trinajstić information content (AvgIpc) is 3.18. The minimum absolute atomic E-state index is 0.169. The lowest BCUT2D eigenvalue weighted by atomic mass is 10.0. The topological polar surface area (TPSA) is 71.3 Å². The fraction of sp³-hybridized carbons (Fsp3) is 0.167. The van der Waals surface area contributed by atoms with Gasteiger partial charge in [-0.1, -0.05) is 18.2 Å². The third-order valence-electron chi connectivity index (χ3n) is 5.62. The summed E-state index contributed by atoms with van der Waals surface area (Å²) in [5.74, 6) is -0.341. The molecule has 160 valence electrons. The van der Waals surface area contributed by atoms with Crippen molar-refractivity contribution in [1.29, 1.82) is 0 Å². The number of para-hydroxylation sites is 1. The van der Waals surface area contributed by atoms with Crippen molar-refractivity contribution >= 4 is 28.7 Å². The second-order valence-corrected chi connectivity index (χ2v) is 7.62. The molecular weight excluding hydrogens is 409 g/mol. The molecule has 2 aromatic heterocycles. The molecule has 1 aliphatic rings. The number of hydrogen-bond acceptors (Lipinski definition) is 4. The van der Waals surface area contributed by atoms with Crippen LogP contribution in [0.1, 0.15) is 13.8 Å². The number of carbonyl (C=O) groups excluding carboxylic acids is 2. The molecule has 0 aliphatic carbocycles. The van der Waals surface area contributed by atoms with Gasteiger partial charge in [0.25, 0.3) is 0 Å². The number of anilines is 1. The van der Waals surface area contributed by atoms with E-state index in [0.717, 1.165) is 16.5 Å². The van der Waals surface area contributed by atoms with Crippen LogP contribution in [0.2, 0.25) is 0 Å². The molecule has 2 amide bonds. The van der Waals surface area contributed by atoms with E-state index in [1.54, 1.807) is 32.9 Å². The van der Waals surface area contributed by atoms with E-state index in [2.05, 4.69) is 4.98 Å². The van der Waals surface area contributed by atoms with Crippen LogP contribution in [-0.4, -0.2) is 39.5 Å². The normalized spacial score (nSPS) is 13.3. The molecule has 7 nitrogen and oxygen atoms in total. The lowest BCUT2D eigenvalue weighted by Gasteiger charge is -2.35. The Morgan fingerprint density at radius 3 is 2.41 bits per heavy atom. The van der Waals surface area contributed by atoms with E-state index < -0.39 is 0 Å². The van der Waals surface area contributed by atoms with Crippen LogP contribution in [0, 0.1) is 5.82 Å². The van der Waals surface area contributed by atoms with E-state index in [-0.39, 0.29) is 17.6 Å². The highest BCUT2D eigenvalue weighted by atomic mass is 19.1. The SMILES string of the molecule is CC(=O)N1CCN(C(C)=O)n2c1nc(-c1ccc(F)cc1)c2-c1ccnc2ccccc12. The second-order valence-electron chi connectivity index (χ2n) is 7.62. The Hall–Kier alpha value is -4.07. The third-order valence-corrected chi connectivity index (χ3v) is 5.62. The number of nitrogens with zero attached hydrogens (tertiary/aromatic N) is 5. The molecule has 4 aromatic rings. The van der Waals surface area contributed by atoms with Gasteiger partial charge >= 0.3 is 0 Å². The van der Waals surface area contributed by atoms with Gasteiger partial charge in [-0.3, -0.25) is 19.5 Å². The van der Waals surface area contributed by atoms with Gasteiger partial charge < -0.3 is 0 Å². The predicted molar refractivity (Wildman–Crippen MR) is 120 cm³/mol. The van der Waals surface area contributed by atoms with Crippen LogP contribution in [-0.2, 0) is 9.59 Å². The summed E-state index contributed by atoms with van der Waals surface area (Å²) in [6.07, 6.45) is 1.70. The number of carbonyl (C=O) groups is 2. The predicted octanol–water partition coefficient (Wildman–Crippen LogP) is 3.76. The molecule has 0 radical (unpaired) electrons. The fourth-order valence-electron chi connectivity index (χ4n) is 4.15. The van der Waals surface area contributed by atoms with Gasteiger partial charge in [0, 0.05) is 43.1 Å². The Bertz CT molecular complexity index is 1360. The molecule has 0 atom stereocenters. The molecule has 0 saturated carbocycles. The first kappa shape index (κ1) is 19.9. The maximum Gasteiger partial charge on any atom is 0.238 e. The van der Waals surface area contributed by atoms with Crippen molar-refractivity contribution in [2.24, 2.45) is 0 Å².